The van der Waals surface area contributed by atoms with Crippen molar-refractivity contribution in [2.24, 2.45) is 0 Å². The largest absolute Gasteiger partial charge is 0.484 e. The SMILES string of the molecule is O=C(COc1ccc2ccccc2c1)Nc1cc(N2CCOCC2)ncn1. The summed E-state index contributed by atoms with van der Waals surface area (Å²) in [6, 6.07) is 15.5. The lowest BCUT2D eigenvalue weighted by atomic mass is 10.1. The van der Waals surface area contributed by atoms with Crippen LogP contribution in [-0.2, 0) is 9.53 Å². The Morgan fingerprint density at radius 2 is 1.89 bits per heavy atom. The van der Waals surface area contributed by atoms with E-state index >= 15 is 0 Å². The Morgan fingerprint density at radius 3 is 2.74 bits per heavy atom. The van der Waals surface area contributed by atoms with Crippen molar-refractivity contribution in [1.82, 2.24) is 9.97 Å². The fraction of sp³-hybridized carbons (Fsp3) is 0.250. The number of carbonyl (C=O) groups excluding carboxylic acids is 1. The first-order valence-corrected chi connectivity index (χ1v) is 8.84. The number of morpholine rings is 1. The van der Waals surface area contributed by atoms with Crippen molar-refractivity contribution in [1.29, 1.82) is 0 Å². The molecule has 1 amide bonds. The zero-order valence-corrected chi connectivity index (χ0v) is 14.8. The van der Waals surface area contributed by atoms with E-state index in [4.69, 9.17) is 9.47 Å². The summed E-state index contributed by atoms with van der Waals surface area (Å²) in [5.41, 5.74) is 0. The lowest BCUT2D eigenvalue weighted by molar-refractivity contribution is -0.118. The van der Waals surface area contributed by atoms with Gasteiger partial charge in [0.2, 0.25) is 0 Å². The molecule has 1 saturated heterocycles. The molecule has 0 spiro atoms. The number of aromatic nitrogens is 2. The van der Waals surface area contributed by atoms with E-state index in [2.05, 4.69) is 20.2 Å². The van der Waals surface area contributed by atoms with Crippen LogP contribution in [-0.4, -0.2) is 48.8 Å². The van der Waals surface area contributed by atoms with Crippen molar-refractivity contribution in [3.63, 3.8) is 0 Å². The molecule has 1 aliphatic rings. The summed E-state index contributed by atoms with van der Waals surface area (Å²) >= 11 is 0. The summed E-state index contributed by atoms with van der Waals surface area (Å²) in [6.07, 6.45) is 1.45. The van der Waals surface area contributed by atoms with Gasteiger partial charge >= 0.3 is 0 Å². The number of fused-ring (bicyclic) bond motifs is 1. The van der Waals surface area contributed by atoms with E-state index < -0.39 is 0 Å². The minimum absolute atomic E-state index is 0.0881. The van der Waals surface area contributed by atoms with Gasteiger partial charge in [0.15, 0.2) is 6.61 Å². The van der Waals surface area contributed by atoms with Crippen LogP contribution in [0.25, 0.3) is 10.8 Å². The fourth-order valence-corrected chi connectivity index (χ4v) is 2.97. The van der Waals surface area contributed by atoms with Crippen LogP contribution in [0.3, 0.4) is 0 Å². The van der Waals surface area contributed by atoms with E-state index in [0.29, 0.717) is 24.8 Å². The highest BCUT2D eigenvalue weighted by atomic mass is 16.5. The highest BCUT2D eigenvalue weighted by Gasteiger charge is 2.14. The van der Waals surface area contributed by atoms with Gasteiger partial charge in [0.25, 0.3) is 5.91 Å². The smallest absolute Gasteiger partial charge is 0.263 e. The number of amides is 1. The van der Waals surface area contributed by atoms with Crippen molar-refractivity contribution in [3.05, 3.63) is 54.9 Å². The van der Waals surface area contributed by atoms with Crippen molar-refractivity contribution < 1.29 is 14.3 Å². The summed E-state index contributed by atoms with van der Waals surface area (Å²) in [5.74, 6) is 1.62. The van der Waals surface area contributed by atoms with Crippen LogP contribution in [0.2, 0.25) is 0 Å². The maximum atomic E-state index is 12.2. The van der Waals surface area contributed by atoms with Gasteiger partial charge in [0, 0.05) is 19.2 Å². The molecule has 0 bridgehead atoms. The number of carbonyl (C=O) groups is 1. The summed E-state index contributed by atoms with van der Waals surface area (Å²) in [6.45, 7) is 2.80. The van der Waals surface area contributed by atoms with E-state index in [1.54, 1.807) is 6.07 Å². The molecule has 0 atom stereocenters. The van der Waals surface area contributed by atoms with Crippen LogP contribution < -0.4 is 15.0 Å². The van der Waals surface area contributed by atoms with Gasteiger partial charge in [-0.3, -0.25) is 4.79 Å². The predicted molar refractivity (Wildman–Crippen MR) is 103 cm³/mol. The van der Waals surface area contributed by atoms with E-state index in [1.807, 2.05) is 42.5 Å². The number of ether oxygens (including phenoxy) is 2. The van der Waals surface area contributed by atoms with E-state index in [9.17, 15) is 4.79 Å². The van der Waals surface area contributed by atoms with Crippen molar-refractivity contribution in [2.75, 3.05) is 43.1 Å². The van der Waals surface area contributed by atoms with Crippen LogP contribution in [0.5, 0.6) is 5.75 Å². The molecule has 4 rings (SSSR count). The Balaban J connectivity index is 1.36. The molecule has 0 aliphatic carbocycles. The van der Waals surface area contributed by atoms with Gasteiger partial charge in [-0.25, -0.2) is 9.97 Å². The van der Waals surface area contributed by atoms with E-state index in [0.717, 1.165) is 29.7 Å². The molecule has 0 unspecified atom stereocenters. The Hall–Kier alpha value is -3.19. The number of anilines is 2. The second kappa shape index (κ2) is 8.01. The predicted octanol–water partition coefficient (Wildman–Crippen LogP) is 2.48. The Labute approximate surface area is 156 Å². The maximum absolute atomic E-state index is 12.2. The van der Waals surface area contributed by atoms with Crippen molar-refractivity contribution in [3.8, 4) is 5.75 Å². The quantitative estimate of drug-likeness (QED) is 0.750. The Kier molecular flexibility index (Phi) is 5.11. The molecule has 0 saturated carbocycles. The summed E-state index contributed by atoms with van der Waals surface area (Å²) in [7, 11) is 0. The van der Waals surface area contributed by atoms with Crippen LogP contribution in [0.15, 0.2) is 54.9 Å². The Bertz CT molecular complexity index is 941. The normalized spacial score (nSPS) is 14.1. The maximum Gasteiger partial charge on any atom is 0.263 e. The lowest BCUT2D eigenvalue weighted by Crippen LogP contribution is -2.36. The molecular formula is C20H20N4O3. The van der Waals surface area contributed by atoms with E-state index in [1.165, 1.54) is 6.33 Å². The van der Waals surface area contributed by atoms with Crippen molar-refractivity contribution >= 4 is 28.3 Å². The minimum atomic E-state index is -0.269. The third-order valence-electron chi connectivity index (χ3n) is 4.35. The van der Waals surface area contributed by atoms with Gasteiger partial charge in [0.05, 0.1) is 13.2 Å². The second-order valence-electron chi connectivity index (χ2n) is 6.21. The van der Waals surface area contributed by atoms with Gasteiger partial charge in [-0.15, -0.1) is 0 Å². The first-order chi connectivity index (χ1) is 13.3. The lowest BCUT2D eigenvalue weighted by Gasteiger charge is -2.27. The first-order valence-electron chi connectivity index (χ1n) is 8.84. The molecule has 1 N–H and O–H groups in total. The molecule has 1 aliphatic heterocycles. The highest BCUT2D eigenvalue weighted by Crippen LogP contribution is 2.20. The summed E-state index contributed by atoms with van der Waals surface area (Å²) < 4.78 is 11.0. The second-order valence-corrected chi connectivity index (χ2v) is 6.21. The van der Waals surface area contributed by atoms with Crippen LogP contribution in [0, 0.1) is 0 Å². The van der Waals surface area contributed by atoms with Gasteiger partial charge in [-0.2, -0.15) is 0 Å². The number of benzene rings is 2. The molecule has 7 heteroatoms. The zero-order chi connectivity index (χ0) is 18.5. The summed E-state index contributed by atoms with van der Waals surface area (Å²) in [5, 5.41) is 4.96. The van der Waals surface area contributed by atoms with Crippen LogP contribution >= 0.6 is 0 Å². The number of hydrogen-bond acceptors (Lipinski definition) is 6. The molecule has 3 aromatic rings. The fourth-order valence-electron chi connectivity index (χ4n) is 2.97. The third kappa shape index (κ3) is 4.32. The van der Waals surface area contributed by atoms with Gasteiger partial charge in [-0.1, -0.05) is 30.3 Å². The van der Waals surface area contributed by atoms with Gasteiger partial charge in [-0.05, 0) is 22.9 Å². The molecule has 1 aromatic heterocycles. The third-order valence-corrected chi connectivity index (χ3v) is 4.35. The van der Waals surface area contributed by atoms with Crippen LogP contribution in [0.4, 0.5) is 11.6 Å². The molecular weight excluding hydrogens is 344 g/mol. The molecule has 2 heterocycles. The number of hydrogen-bond donors (Lipinski definition) is 1. The average molecular weight is 364 g/mol. The zero-order valence-electron chi connectivity index (χ0n) is 14.8. The molecule has 2 aromatic carbocycles. The molecule has 1 fully saturated rings. The van der Waals surface area contributed by atoms with Crippen LogP contribution in [0.1, 0.15) is 0 Å². The standard InChI is InChI=1S/C20H20N4O3/c25-20(13-27-17-6-5-15-3-1-2-4-16(15)11-17)23-18-12-19(22-14-21-18)24-7-9-26-10-8-24/h1-6,11-12,14H,7-10,13H2,(H,21,22,23,25). The molecule has 7 nitrogen and oxygen atoms in total. The van der Waals surface area contributed by atoms with Gasteiger partial charge in [0.1, 0.15) is 23.7 Å². The van der Waals surface area contributed by atoms with E-state index in [-0.39, 0.29) is 12.5 Å². The number of rotatable bonds is 5. The monoisotopic (exact) mass is 364 g/mol. The summed E-state index contributed by atoms with van der Waals surface area (Å²) in [4.78, 5) is 22.7. The first kappa shape index (κ1) is 17.2. The number of nitrogens with zero attached hydrogens (tertiary/aromatic N) is 3. The minimum Gasteiger partial charge on any atom is -0.484 e. The average Bonchev–Trinajstić information content (AvgIpc) is 2.73. The highest BCUT2D eigenvalue weighted by molar-refractivity contribution is 5.91. The topological polar surface area (TPSA) is 76.6 Å². The molecule has 0 radical (unpaired) electrons. The Morgan fingerprint density at radius 1 is 1.07 bits per heavy atom. The van der Waals surface area contributed by atoms with Gasteiger partial charge < -0.3 is 19.7 Å². The molecule has 138 valence electrons. The number of nitrogens with one attached hydrogen (secondary N) is 1. The molecule has 27 heavy (non-hydrogen) atoms. The van der Waals surface area contributed by atoms with Crippen molar-refractivity contribution in [2.45, 2.75) is 0 Å².